The van der Waals surface area contributed by atoms with E-state index in [2.05, 4.69) is 10.1 Å². The molecular formula is C7H12N4. The van der Waals surface area contributed by atoms with Crippen molar-refractivity contribution in [1.82, 2.24) is 14.8 Å². The van der Waals surface area contributed by atoms with E-state index >= 15 is 0 Å². The summed E-state index contributed by atoms with van der Waals surface area (Å²) in [7, 11) is 0. The topological polar surface area (TPSA) is 56.7 Å². The van der Waals surface area contributed by atoms with Crippen LogP contribution in [0.3, 0.4) is 0 Å². The first-order chi connectivity index (χ1) is 5.42. The number of nitrogens with two attached hydrogens (primary N) is 1. The third kappa shape index (κ3) is 1.03. The molecule has 2 rings (SSSR count). The summed E-state index contributed by atoms with van der Waals surface area (Å²) in [4.78, 5) is 4.15. The van der Waals surface area contributed by atoms with E-state index in [9.17, 15) is 0 Å². The molecule has 1 atom stereocenters. The van der Waals surface area contributed by atoms with Crippen LogP contribution < -0.4 is 5.73 Å². The molecule has 0 amide bonds. The maximum atomic E-state index is 5.59. The summed E-state index contributed by atoms with van der Waals surface area (Å²) < 4.78 is 1.96. The minimum absolute atomic E-state index is 0.390. The molecule has 1 aliphatic heterocycles. The van der Waals surface area contributed by atoms with Gasteiger partial charge in [0.05, 0.1) is 6.04 Å². The van der Waals surface area contributed by atoms with Crippen molar-refractivity contribution < 1.29 is 0 Å². The smallest absolute Gasteiger partial charge is 0.138 e. The molecule has 2 N–H and O–H groups in total. The van der Waals surface area contributed by atoms with Crippen LogP contribution in [-0.4, -0.2) is 21.3 Å². The molecule has 1 aliphatic rings. The Morgan fingerprint density at radius 2 is 2.64 bits per heavy atom. The third-order valence-electron chi connectivity index (χ3n) is 2.20. The highest BCUT2D eigenvalue weighted by atomic mass is 15.4. The van der Waals surface area contributed by atoms with E-state index in [1.165, 1.54) is 6.42 Å². The number of aryl methyl sites for hydroxylation is 1. The lowest BCUT2D eigenvalue weighted by atomic mass is 10.1. The lowest BCUT2D eigenvalue weighted by molar-refractivity contribution is 0.369. The van der Waals surface area contributed by atoms with Crippen molar-refractivity contribution in [1.29, 1.82) is 0 Å². The van der Waals surface area contributed by atoms with Gasteiger partial charge in [-0.1, -0.05) is 0 Å². The number of nitrogens with zero attached hydrogens (tertiary/aromatic N) is 3. The molecule has 4 nitrogen and oxygen atoms in total. The number of hydrogen-bond acceptors (Lipinski definition) is 3. The van der Waals surface area contributed by atoms with Crippen LogP contribution in [0.2, 0.25) is 0 Å². The quantitative estimate of drug-likeness (QED) is 0.621. The van der Waals surface area contributed by atoms with E-state index in [-0.39, 0.29) is 0 Å². The van der Waals surface area contributed by atoms with Gasteiger partial charge in [-0.15, -0.1) is 0 Å². The zero-order valence-corrected chi connectivity index (χ0v) is 6.40. The van der Waals surface area contributed by atoms with Gasteiger partial charge in [0.1, 0.15) is 12.2 Å². The lowest BCUT2D eigenvalue weighted by Crippen LogP contribution is -2.25. The van der Waals surface area contributed by atoms with Crippen LogP contribution in [0.25, 0.3) is 0 Å². The summed E-state index contributed by atoms with van der Waals surface area (Å²) in [6.07, 6.45) is 5.01. The molecule has 4 heteroatoms. The molecule has 0 radical (unpaired) electrons. The van der Waals surface area contributed by atoms with Crippen LogP contribution in [-0.2, 0) is 6.42 Å². The Balaban J connectivity index is 2.32. The Labute approximate surface area is 65.4 Å². The first-order valence-corrected chi connectivity index (χ1v) is 4.00. The molecule has 0 bridgehead atoms. The van der Waals surface area contributed by atoms with Crippen molar-refractivity contribution in [3.05, 3.63) is 12.2 Å². The van der Waals surface area contributed by atoms with E-state index in [0.717, 1.165) is 18.7 Å². The minimum Gasteiger partial charge on any atom is -0.328 e. The molecule has 0 saturated heterocycles. The molecule has 2 heterocycles. The Morgan fingerprint density at radius 3 is 3.45 bits per heavy atom. The summed E-state index contributed by atoms with van der Waals surface area (Å²) in [6.45, 7) is 0.677. The zero-order chi connectivity index (χ0) is 7.68. The SMILES string of the molecule is NCC1CCCc2ncnn21. The van der Waals surface area contributed by atoms with Crippen molar-refractivity contribution >= 4 is 0 Å². The van der Waals surface area contributed by atoms with Crippen molar-refractivity contribution in [2.24, 2.45) is 5.73 Å². The average Bonchev–Trinajstić information content (AvgIpc) is 2.50. The predicted molar refractivity (Wildman–Crippen MR) is 41.1 cm³/mol. The van der Waals surface area contributed by atoms with Gasteiger partial charge in [0.2, 0.25) is 0 Å². The van der Waals surface area contributed by atoms with Gasteiger partial charge in [0.15, 0.2) is 0 Å². The van der Waals surface area contributed by atoms with E-state index in [1.807, 2.05) is 4.68 Å². The molecule has 1 aromatic heterocycles. The molecule has 1 unspecified atom stereocenters. The molecule has 1 aromatic rings. The van der Waals surface area contributed by atoms with E-state index in [0.29, 0.717) is 12.6 Å². The van der Waals surface area contributed by atoms with Gasteiger partial charge in [0.25, 0.3) is 0 Å². The maximum absolute atomic E-state index is 5.59. The van der Waals surface area contributed by atoms with Crippen LogP contribution in [0.1, 0.15) is 24.7 Å². The molecule has 0 spiro atoms. The number of fused-ring (bicyclic) bond motifs is 1. The van der Waals surface area contributed by atoms with Crippen LogP contribution >= 0.6 is 0 Å². The van der Waals surface area contributed by atoms with Gasteiger partial charge >= 0.3 is 0 Å². The van der Waals surface area contributed by atoms with Gasteiger partial charge in [-0.25, -0.2) is 9.67 Å². The molecule has 0 fully saturated rings. The summed E-state index contributed by atoms with van der Waals surface area (Å²) in [5.74, 6) is 1.09. The van der Waals surface area contributed by atoms with Gasteiger partial charge in [-0.05, 0) is 12.8 Å². The summed E-state index contributed by atoms with van der Waals surface area (Å²) in [5.41, 5.74) is 5.59. The first kappa shape index (κ1) is 6.79. The summed E-state index contributed by atoms with van der Waals surface area (Å²) in [6, 6.07) is 0.390. The fourth-order valence-electron chi connectivity index (χ4n) is 1.59. The van der Waals surface area contributed by atoms with Crippen molar-refractivity contribution in [2.45, 2.75) is 25.3 Å². The molecular weight excluding hydrogens is 140 g/mol. The highest BCUT2D eigenvalue weighted by Gasteiger charge is 2.18. The Bertz CT molecular complexity index is 242. The van der Waals surface area contributed by atoms with Crippen LogP contribution in [0.4, 0.5) is 0 Å². The lowest BCUT2D eigenvalue weighted by Gasteiger charge is -2.21. The van der Waals surface area contributed by atoms with Crippen LogP contribution in [0.5, 0.6) is 0 Å². The van der Waals surface area contributed by atoms with Crippen molar-refractivity contribution in [3.63, 3.8) is 0 Å². The summed E-state index contributed by atoms with van der Waals surface area (Å²) >= 11 is 0. The average molecular weight is 152 g/mol. The highest BCUT2D eigenvalue weighted by Crippen LogP contribution is 2.20. The van der Waals surface area contributed by atoms with E-state index in [4.69, 9.17) is 5.73 Å². The molecule has 0 saturated carbocycles. The van der Waals surface area contributed by atoms with Crippen LogP contribution in [0, 0.1) is 0 Å². The third-order valence-corrected chi connectivity index (χ3v) is 2.20. The minimum atomic E-state index is 0.390. The van der Waals surface area contributed by atoms with Gasteiger partial charge in [-0.2, -0.15) is 5.10 Å². The molecule has 0 aliphatic carbocycles. The first-order valence-electron chi connectivity index (χ1n) is 4.00. The van der Waals surface area contributed by atoms with Gasteiger partial charge in [0, 0.05) is 13.0 Å². The maximum Gasteiger partial charge on any atom is 0.138 e. The van der Waals surface area contributed by atoms with Crippen LogP contribution in [0.15, 0.2) is 6.33 Å². The Kier molecular flexibility index (Phi) is 1.62. The number of hydrogen-bond donors (Lipinski definition) is 1. The second kappa shape index (κ2) is 2.62. The molecule has 60 valence electrons. The van der Waals surface area contributed by atoms with Gasteiger partial charge in [-0.3, -0.25) is 0 Å². The zero-order valence-electron chi connectivity index (χ0n) is 6.40. The highest BCUT2D eigenvalue weighted by molar-refractivity contribution is 4.92. The van der Waals surface area contributed by atoms with Gasteiger partial charge < -0.3 is 5.73 Å². The second-order valence-corrected chi connectivity index (χ2v) is 2.90. The fourth-order valence-corrected chi connectivity index (χ4v) is 1.59. The van der Waals surface area contributed by atoms with E-state index in [1.54, 1.807) is 6.33 Å². The number of rotatable bonds is 1. The molecule has 0 aromatic carbocycles. The van der Waals surface area contributed by atoms with Crippen molar-refractivity contribution in [3.8, 4) is 0 Å². The second-order valence-electron chi connectivity index (χ2n) is 2.90. The normalized spacial score (nSPS) is 23.2. The monoisotopic (exact) mass is 152 g/mol. The number of aromatic nitrogens is 3. The molecule has 11 heavy (non-hydrogen) atoms. The standard InChI is InChI=1S/C7H12N4/c8-4-6-2-1-3-7-9-5-10-11(6)7/h5-6H,1-4,8H2. The Hall–Kier alpha value is -0.900. The Morgan fingerprint density at radius 1 is 1.73 bits per heavy atom. The predicted octanol–water partition coefficient (Wildman–Crippen LogP) is 0.114. The van der Waals surface area contributed by atoms with Crippen molar-refractivity contribution in [2.75, 3.05) is 6.54 Å². The summed E-state index contributed by atoms with van der Waals surface area (Å²) in [5, 5.41) is 4.13. The van der Waals surface area contributed by atoms with E-state index < -0.39 is 0 Å². The fraction of sp³-hybridized carbons (Fsp3) is 0.714. The largest absolute Gasteiger partial charge is 0.328 e.